The summed E-state index contributed by atoms with van der Waals surface area (Å²) >= 11 is 3.26. The van der Waals surface area contributed by atoms with Crippen molar-refractivity contribution in [1.29, 1.82) is 0 Å². The van der Waals surface area contributed by atoms with Gasteiger partial charge in [0.2, 0.25) is 0 Å². The minimum atomic E-state index is -1.48. The van der Waals surface area contributed by atoms with Crippen LogP contribution in [0.3, 0.4) is 0 Å². The van der Waals surface area contributed by atoms with Crippen molar-refractivity contribution in [2.75, 3.05) is 0 Å². The van der Waals surface area contributed by atoms with E-state index in [0.717, 1.165) is 4.47 Å². The van der Waals surface area contributed by atoms with Crippen LogP contribution in [0.5, 0.6) is 0 Å². The molecule has 0 saturated carbocycles. The highest BCUT2D eigenvalue weighted by Gasteiger charge is 2.23. The molecule has 0 aliphatic heterocycles. The average molecular weight is 291 g/mol. The van der Waals surface area contributed by atoms with Gasteiger partial charge >= 0.3 is 5.97 Å². The second-order valence-corrected chi connectivity index (χ2v) is 5.54. The number of carboxylic acid groups (broad SMARTS) is 1. The SMILES string of the molecule is CCC(C(=O)O)S(=O)c1ccc(Br)cc1. The van der Waals surface area contributed by atoms with Crippen molar-refractivity contribution in [2.24, 2.45) is 0 Å². The molecule has 0 saturated heterocycles. The van der Waals surface area contributed by atoms with E-state index in [0.29, 0.717) is 11.3 Å². The van der Waals surface area contributed by atoms with Crippen LogP contribution in [0.15, 0.2) is 33.6 Å². The van der Waals surface area contributed by atoms with Crippen LogP contribution in [0.25, 0.3) is 0 Å². The molecule has 82 valence electrons. The van der Waals surface area contributed by atoms with Crippen molar-refractivity contribution in [2.45, 2.75) is 23.5 Å². The number of carboxylic acids is 1. The van der Waals surface area contributed by atoms with Crippen molar-refractivity contribution in [3.63, 3.8) is 0 Å². The van der Waals surface area contributed by atoms with Crippen molar-refractivity contribution in [1.82, 2.24) is 0 Å². The number of hydrogen-bond donors (Lipinski definition) is 1. The van der Waals surface area contributed by atoms with E-state index in [1.165, 1.54) is 0 Å². The minimum absolute atomic E-state index is 0.359. The third-order valence-corrected chi connectivity index (χ3v) is 4.27. The first-order valence-corrected chi connectivity index (χ1v) is 6.45. The largest absolute Gasteiger partial charge is 0.480 e. The summed E-state index contributed by atoms with van der Waals surface area (Å²) in [5, 5.41) is 8.03. The molecule has 0 bridgehead atoms. The lowest BCUT2D eigenvalue weighted by molar-refractivity contribution is -0.136. The highest BCUT2D eigenvalue weighted by atomic mass is 79.9. The Balaban J connectivity index is 2.93. The summed E-state index contributed by atoms with van der Waals surface area (Å²) in [4.78, 5) is 11.4. The Morgan fingerprint density at radius 3 is 2.40 bits per heavy atom. The van der Waals surface area contributed by atoms with Crippen LogP contribution in [-0.4, -0.2) is 20.5 Å². The van der Waals surface area contributed by atoms with E-state index in [2.05, 4.69) is 15.9 Å². The van der Waals surface area contributed by atoms with Crippen LogP contribution in [0, 0.1) is 0 Å². The zero-order valence-corrected chi connectivity index (χ0v) is 10.5. The third-order valence-electron chi connectivity index (χ3n) is 1.95. The van der Waals surface area contributed by atoms with Gasteiger partial charge in [-0.1, -0.05) is 22.9 Å². The molecular weight excluding hydrogens is 280 g/mol. The zero-order chi connectivity index (χ0) is 11.4. The highest BCUT2D eigenvalue weighted by Crippen LogP contribution is 2.17. The number of rotatable bonds is 4. The standard InChI is InChI=1S/C10H11BrO3S/c1-2-9(10(12)13)15(14)8-5-3-7(11)4-6-8/h3-6,9H,2H2,1H3,(H,12,13). The number of benzene rings is 1. The van der Waals surface area contributed by atoms with Crippen molar-refractivity contribution < 1.29 is 14.1 Å². The van der Waals surface area contributed by atoms with Crippen LogP contribution >= 0.6 is 15.9 Å². The molecule has 0 aromatic heterocycles. The van der Waals surface area contributed by atoms with Gasteiger partial charge in [0.05, 0.1) is 10.8 Å². The fraction of sp³-hybridized carbons (Fsp3) is 0.300. The highest BCUT2D eigenvalue weighted by molar-refractivity contribution is 9.10. The first kappa shape index (κ1) is 12.4. The predicted molar refractivity (Wildman–Crippen MR) is 62.3 cm³/mol. The van der Waals surface area contributed by atoms with Crippen LogP contribution in [0.2, 0.25) is 0 Å². The molecule has 2 unspecified atom stereocenters. The van der Waals surface area contributed by atoms with Gasteiger partial charge in [-0.25, -0.2) is 0 Å². The lowest BCUT2D eigenvalue weighted by Crippen LogP contribution is -2.24. The van der Waals surface area contributed by atoms with Crippen LogP contribution in [0.1, 0.15) is 13.3 Å². The van der Waals surface area contributed by atoms with Gasteiger partial charge in [-0.05, 0) is 30.7 Å². The van der Waals surface area contributed by atoms with E-state index in [4.69, 9.17) is 5.11 Å². The summed E-state index contributed by atoms with van der Waals surface area (Å²) in [7, 11) is -1.48. The Morgan fingerprint density at radius 1 is 1.47 bits per heavy atom. The molecule has 1 aromatic rings. The van der Waals surface area contributed by atoms with E-state index in [-0.39, 0.29) is 0 Å². The number of hydrogen-bond acceptors (Lipinski definition) is 2. The molecule has 0 spiro atoms. The molecular formula is C10H11BrO3S. The average Bonchev–Trinajstić information content (AvgIpc) is 2.19. The quantitative estimate of drug-likeness (QED) is 0.927. The van der Waals surface area contributed by atoms with E-state index >= 15 is 0 Å². The molecule has 0 amide bonds. The van der Waals surface area contributed by atoms with Crippen molar-refractivity contribution >= 4 is 32.7 Å². The summed E-state index contributed by atoms with van der Waals surface area (Å²) in [5.41, 5.74) is 0. The van der Waals surface area contributed by atoms with Gasteiger partial charge in [0.15, 0.2) is 0 Å². The minimum Gasteiger partial charge on any atom is -0.480 e. The summed E-state index contributed by atoms with van der Waals surface area (Å²) in [6.45, 7) is 1.72. The second-order valence-electron chi connectivity index (χ2n) is 2.99. The van der Waals surface area contributed by atoms with Gasteiger partial charge in [0.25, 0.3) is 0 Å². The van der Waals surface area contributed by atoms with Crippen molar-refractivity contribution in [3.05, 3.63) is 28.7 Å². The molecule has 0 fully saturated rings. The lowest BCUT2D eigenvalue weighted by Gasteiger charge is -2.09. The molecule has 0 heterocycles. The van der Waals surface area contributed by atoms with E-state index < -0.39 is 22.0 Å². The predicted octanol–water partition coefficient (Wildman–Crippen LogP) is 2.42. The molecule has 15 heavy (non-hydrogen) atoms. The Bertz CT molecular complexity index is 375. The molecule has 1 aromatic carbocycles. The maximum absolute atomic E-state index is 11.8. The van der Waals surface area contributed by atoms with Gasteiger partial charge in [0.1, 0.15) is 5.25 Å². The fourth-order valence-electron chi connectivity index (χ4n) is 1.15. The fourth-order valence-corrected chi connectivity index (χ4v) is 2.63. The molecule has 1 rings (SSSR count). The maximum Gasteiger partial charge on any atom is 0.319 e. The van der Waals surface area contributed by atoms with Gasteiger partial charge in [-0.15, -0.1) is 0 Å². The normalized spacial score (nSPS) is 14.5. The summed E-state index contributed by atoms with van der Waals surface area (Å²) in [6, 6.07) is 6.85. The summed E-state index contributed by atoms with van der Waals surface area (Å²) < 4.78 is 12.7. The summed E-state index contributed by atoms with van der Waals surface area (Å²) in [6.07, 6.45) is 0.359. The Labute approximate surface area is 99.1 Å². The number of halogens is 1. The Morgan fingerprint density at radius 2 is 2.00 bits per heavy atom. The smallest absolute Gasteiger partial charge is 0.319 e. The third kappa shape index (κ3) is 3.14. The van der Waals surface area contributed by atoms with Gasteiger partial charge in [-0.2, -0.15) is 0 Å². The van der Waals surface area contributed by atoms with Crippen LogP contribution in [0.4, 0.5) is 0 Å². The van der Waals surface area contributed by atoms with Crippen molar-refractivity contribution in [3.8, 4) is 0 Å². The van der Waals surface area contributed by atoms with E-state index in [1.54, 1.807) is 31.2 Å². The molecule has 5 heteroatoms. The molecule has 0 radical (unpaired) electrons. The molecule has 3 nitrogen and oxygen atoms in total. The number of carbonyl (C=O) groups is 1. The lowest BCUT2D eigenvalue weighted by atomic mass is 10.3. The van der Waals surface area contributed by atoms with Crippen LogP contribution < -0.4 is 0 Å². The topological polar surface area (TPSA) is 54.4 Å². The van der Waals surface area contributed by atoms with E-state index in [9.17, 15) is 9.00 Å². The van der Waals surface area contributed by atoms with E-state index in [1.807, 2.05) is 0 Å². The molecule has 0 aliphatic carbocycles. The Hall–Kier alpha value is -0.680. The van der Waals surface area contributed by atoms with Gasteiger partial charge in [-0.3, -0.25) is 9.00 Å². The number of aliphatic carboxylic acids is 1. The molecule has 2 atom stereocenters. The first-order chi connectivity index (χ1) is 7.06. The van der Waals surface area contributed by atoms with Gasteiger partial charge < -0.3 is 5.11 Å². The summed E-state index contributed by atoms with van der Waals surface area (Å²) in [5.74, 6) is -1.02. The Kier molecular flexibility index (Phi) is 4.47. The maximum atomic E-state index is 11.8. The first-order valence-electron chi connectivity index (χ1n) is 4.45. The van der Waals surface area contributed by atoms with Crippen LogP contribution in [-0.2, 0) is 15.6 Å². The molecule has 0 aliphatic rings. The monoisotopic (exact) mass is 290 g/mol. The zero-order valence-electron chi connectivity index (χ0n) is 8.14. The van der Waals surface area contributed by atoms with Gasteiger partial charge in [0, 0.05) is 9.37 Å². The second kappa shape index (κ2) is 5.42. The molecule has 1 N–H and O–H groups in total.